The Balaban J connectivity index is 0.000000173. The minimum atomic E-state index is 0. The van der Waals surface area contributed by atoms with E-state index in [0.717, 1.165) is 15.8 Å². The molecule has 0 radical (unpaired) electrons. The van der Waals surface area contributed by atoms with Crippen molar-refractivity contribution in [1.82, 2.24) is 0 Å². The Morgan fingerprint density at radius 2 is 0.615 bits per heavy atom. The van der Waals surface area contributed by atoms with Crippen molar-refractivity contribution in [1.29, 1.82) is 0 Å². The van der Waals surface area contributed by atoms with Crippen LogP contribution in [0, 0.1) is 19.9 Å². The SMILES string of the molecule is CB1c2ccc(Cl)cc2C=Cc2cc3c(cc21)C=Cc1cc(Cl)ccc1B3C.COc1ccc(-c2ccc3c(c2)C=Cc2cc4c(cc2B3C)C=Cc2cc(-c3ccc(C)cc3)ccc2B4C)cc1.Cc1cc[c-]cc1.[Br-].[Mg+2]. The number of hydrogen-bond acceptors (Lipinski definition) is 1. The summed E-state index contributed by atoms with van der Waals surface area (Å²) < 4.78 is 5.35. The molecule has 0 bridgehead atoms. The summed E-state index contributed by atoms with van der Waals surface area (Å²) in [6.45, 7) is 14.7. The second-order valence-corrected chi connectivity index (χ2v) is 21.7. The van der Waals surface area contributed by atoms with Crippen molar-refractivity contribution in [3.8, 4) is 28.0 Å². The Bertz CT molecular complexity index is 3720. The topological polar surface area (TPSA) is 9.23 Å². The van der Waals surface area contributed by atoms with Crippen molar-refractivity contribution in [2.24, 2.45) is 0 Å². The summed E-state index contributed by atoms with van der Waals surface area (Å²) in [5.74, 6) is 0.879. The van der Waals surface area contributed by atoms with Gasteiger partial charge in [0.1, 0.15) is 5.75 Å². The molecule has 0 amide bonds. The molecule has 0 unspecified atom stereocenters. The molecule has 4 aliphatic heterocycles. The van der Waals surface area contributed by atoms with Crippen LogP contribution >= 0.6 is 23.2 Å². The largest absolute Gasteiger partial charge is 2.00 e. The first kappa shape index (κ1) is 56.5. The smallest absolute Gasteiger partial charge is 1.00 e. The summed E-state index contributed by atoms with van der Waals surface area (Å²) in [7, 11) is 1.71. The van der Waals surface area contributed by atoms with Gasteiger partial charge in [0.05, 0.1) is 7.11 Å². The van der Waals surface area contributed by atoms with Gasteiger partial charge in [-0.25, -0.2) is 0 Å². The Kier molecular flexibility index (Phi) is 17.7. The zero-order valence-corrected chi connectivity index (χ0v) is 49.9. The molecule has 0 aromatic heterocycles. The molecule has 1 nitrogen and oxygen atoms in total. The van der Waals surface area contributed by atoms with Crippen LogP contribution in [-0.4, -0.2) is 57.0 Å². The minimum Gasteiger partial charge on any atom is -1.00 e. The van der Waals surface area contributed by atoms with Crippen LogP contribution in [0.5, 0.6) is 5.75 Å². The zero-order valence-electron chi connectivity index (χ0n) is 45.3. The third kappa shape index (κ3) is 11.7. The van der Waals surface area contributed by atoms with E-state index in [0.29, 0.717) is 26.9 Å². The Hall–Kier alpha value is -6.17. The molecular weight excluding hydrogens is 1060 g/mol. The van der Waals surface area contributed by atoms with Crippen LogP contribution in [0.2, 0.25) is 37.3 Å². The molecule has 0 aliphatic carbocycles. The molecule has 9 aromatic carbocycles. The van der Waals surface area contributed by atoms with Crippen molar-refractivity contribution < 1.29 is 21.7 Å². The molecular formula is C69H57B4BrCl2MgO. The number of methoxy groups -OCH3 is 1. The van der Waals surface area contributed by atoms with Gasteiger partial charge in [-0.3, -0.25) is 0 Å². The van der Waals surface area contributed by atoms with Gasteiger partial charge in [-0.05, 0) is 122 Å². The van der Waals surface area contributed by atoms with E-state index in [4.69, 9.17) is 27.9 Å². The fraction of sp³-hybridized carbons (Fsp3) is 0.101. The number of halogens is 3. The third-order valence-corrected chi connectivity index (χ3v) is 16.5. The van der Waals surface area contributed by atoms with Gasteiger partial charge in [-0.15, -0.1) is 0 Å². The molecule has 0 saturated carbocycles. The van der Waals surface area contributed by atoms with E-state index in [1.807, 2.05) is 48.5 Å². The maximum absolute atomic E-state index is 6.24. The van der Waals surface area contributed by atoms with E-state index in [-0.39, 0.29) is 40.0 Å². The number of fused-ring (bicyclic) bond motifs is 8. The summed E-state index contributed by atoms with van der Waals surface area (Å²) in [4.78, 5) is 0. The van der Waals surface area contributed by atoms with E-state index in [9.17, 15) is 0 Å². The molecule has 4 heterocycles. The van der Waals surface area contributed by atoms with Gasteiger partial charge in [-0.1, -0.05) is 252 Å². The van der Waals surface area contributed by atoms with Gasteiger partial charge in [0.15, 0.2) is 0 Å². The first-order valence-electron chi connectivity index (χ1n) is 26.5. The van der Waals surface area contributed by atoms with Crippen LogP contribution < -0.4 is 65.4 Å². The molecule has 374 valence electrons. The van der Waals surface area contributed by atoms with Crippen molar-refractivity contribution in [2.75, 3.05) is 7.11 Å². The van der Waals surface area contributed by atoms with Crippen LogP contribution in [0.3, 0.4) is 0 Å². The second kappa shape index (κ2) is 24.5. The summed E-state index contributed by atoms with van der Waals surface area (Å²) in [5.41, 5.74) is 28.6. The van der Waals surface area contributed by atoms with Crippen LogP contribution in [0.25, 0.3) is 70.9 Å². The second-order valence-electron chi connectivity index (χ2n) is 20.8. The van der Waals surface area contributed by atoms with Gasteiger partial charge in [-0.2, -0.15) is 35.9 Å². The number of ether oxygens (including phenoxy) is 1. The average Bonchev–Trinajstić information content (AvgIpc) is 3.92. The van der Waals surface area contributed by atoms with Gasteiger partial charge in [0, 0.05) is 10.0 Å². The van der Waals surface area contributed by atoms with E-state index in [1.54, 1.807) is 7.11 Å². The van der Waals surface area contributed by atoms with Gasteiger partial charge in [0.2, 0.25) is 26.9 Å². The quantitative estimate of drug-likeness (QED) is 0.127. The predicted octanol–water partition coefficient (Wildman–Crippen LogP) is 9.64. The van der Waals surface area contributed by atoms with E-state index < -0.39 is 0 Å². The minimum absolute atomic E-state index is 0. The molecule has 78 heavy (non-hydrogen) atoms. The summed E-state index contributed by atoms with van der Waals surface area (Å²) in [5, 5.41) is 1.56. The summed E-state index contributed by atoms with van der Waals surface area (Å²) >= 11 is 12.5. The fourth-order valence-electron chi connectivity index (χ4n) is 11.6. The van der Waals surface area contributed by atoms with Crippen LogP contribution in [0.15, 0.2) is 170 Å². The van der Waals surface area contributed by atoms with Gasteiger partial charge >= 0.3 is 23.1 Å². The summed E-state index contributed by atoms with van der Waals surface area (Å²) in [6, 6.07) is 63.8. The molecule has 0 N–H and O–H groups in total. The zero-order chi connectivity index (χ0) is 52.6. The Labute approximate surface area is 500 Å². The first-order chi connectivity index (χ1) is 36.9. The molecule has 9 aromatic rings. The molecule has 4 aliphatic rings. The number of hydrogen-bond donors (Lipinski definition) is 0. The average molecular weight is 1120 g/mol. The molecule has 9 heteroatoms. The first-order valence-corrected chi connectivity index (χ1v) is 27.2. The maximum atomic E-state index is 6.24. The molecule has 0 atom stereocenters. The van der Waals surface area contributed by atoms with Gasteiger partial charge in [0.25, 0.3) is 0 Å². The molecule has 13 rings (SSSR count). The third-order valence-electron chi connectivity index (χ3n) is 16.0. The monoisotopic (exact) mass is 1120 g/mol. The summed E-state index contributed by atoms with van der Waals surface area (Å²) in [6.07, 6.45) is 18.1. The number of rotatable bonds is 3. The Morgan fingerprint density at radius 1 is 0.333 bits per heavy atom. The van der Waals surface area contributed by atoms with E-state index in [2.05, 4.69) is 217 Å². The van der Waals surface area contributed by atoms with Crippen molar-refractivity contribution in [3.63, 3.8) is 0 Å². The standard InChI is InChI=1S/C38H32B2O.C24H18B2Cl2.C7H7.BrH.Mg/c1-25-5-7-26(8-6-25)28-15-19-35-30(21-28)9-11-32-23-38-33(24-37(32)39(35)2)12-10-31-22-29(16-20-36(31)40(38)3)27-13-17-34(41-4)18-14-27;1-25-21-9-7-19(27)11-15(21)3-5-17-14-24-18(13-23(17)25)6-4-16-12-20(28)8-10-22(16)26(24)2;1-7-5-3-2-4-6-7;;/h5-24H,1-4H3;3-14H,1-2H3;3-6H,1H3;1H;/q;;-1;;+2/p-1. The van der Waals surface area contributed by atoms with E-state index >= 15 is 0 Å². The Morgan fingerprint density at radius 3 is 0.936 bits per heavy atom. The number of benzene rings is 9. The van der Waals surface area contributed by atoms with Crippen molar-refractivity contribution >= 4 is 165 Å². The van der Waals surface area contributed by atoms with Gasteiger partial charge < -0.3 is 21.7 Å². The van der Waals surface area contributed by atoms with Crippen molar-refractivity contribution in [3.05, 3.63) is 242 Å². The molecule has 0 saturated heterocycles. The van der Waals surface area contributed by atoms with Crippen LogP contribution in [0.4, 0.5) is 0 Å². The molecule has 0 spiro atoms. The maximum Gasteiger partial charge on any atom is 2.00 e. The van der Waals surface area contributed by atoms with Crippen LogP contribution in [-0.2, 0) is 0 Å². The fourth-order valence-corrected chi connectivity index (χ4v) is 11.9. The molecule has 0 fully saturated rings. The normalized spacial score (nSPS) is 12.7. The van der Waals surface area contributed by atoms with E-state index in [1.165, 1.54) is 122 Å². The number of aryl methyl sites for hydroxylation is 2. The van der Waals surface area contributed by atoms with Crippen molar-refractivity contribution in [2.45, 2.75) is 41.1 Å². The predicted molar refractivity (Wildman–Crippen MR) is 346 cm³/mol. The van der Waals surface area contributed by atoms with Crippen LogP contribution in [0.1, 0.15) is 55.6 Å².